The van der Waals surface area contributed by atoms with Crippen LogP contribution in [0.1, 0.15) is 13.8 Å². The van der Waals surface area contributed by atoms with E-state index in [0.717, 1.165) is 0 Å². The first-order chi connectivity index (χ1) is 10.3. The summed E-state index contributed by atoms with van der Waals surface area (Å²) in [5, 5.41) is 20.4. The molecule has 0 amide bonds. The second-order valence-corrected chi connectivity index (χ2v) is 5.16. The number of carbonyl (C=O) groups is 2. The molecule has 0 aromatic rings. The van der Waals surface area contributed by atoms with E-state index in [1.165, 1.54) is 20.9 Å². The number of nitrogens with one attached hydrogen (secondary N) is 1. The van der Waals surface area contributed by atoms with Crippen molar-refractivity contribution in [3.8, 4) is 0 Å². The molecule has 0 radical (unpaired) electrons. The standard InChI is InChI=1S/C11H22NO9P/c1-7(13)18-4-9(21-8(2)14)5-19-22(17)20-6-10(12-3)11(15)16/h8-10,12,14,17H,4-6H2,1-3H3,(H,15,16). The van der Waals surface area contributed by atoms with Crippen LogP contribution in [-0.2, 0) is 28.1 Å². The summed E-state index contributed by atoms with van der Waals surface area (Å²) in [5.41, 5.74) is 0. The van der Waals surface area contributed by atoms with E-state index >= 15 is 0 Å². The number of esters is 1. The van der Waals surface area contributed by atoms with E-state index in [9.17, 15) is 14.5 Å². The van der Waals surface area contributed by atoms with Crippen molar-refractivity contribution in [3.63, 3.8) is 0 Å². The van der Waals surface area contributed by atoms with E-state index < -0.39 is 39.0 Å². The van der Waals surface area contributed by atoms with Gasteiger partial charge in [0, 0.05) is 6.92 Å². The van der Waals surface area contributed by atoms with Gasteiger partial charge in [0.25, 0.3) is 0 Å². The van der Waals surface area contributed by atoms with Crippen LogP contribution in [-0.4, -0.2) is 72.3 Å². The van der Waals surface area contributed by atoms with Crippen molar-refractivity contribution in [3.05, 3.63) is 0 Å². The highest BCUT2D eigenvalue weighted by Gasteiger charge is 2.21. The fourth-order valence-corrected chi connectivity index (χ4v) is 1.86. The Balaban J connectivity index is 4.15. The van der Waals surface area contributed by atoms with Gasteiger partial charge in [0.1, 0.15) is 18.8 Å². The number of ether oxygens (including phenoxy) is 2. The fraction of sp³-hybridized carbons (Fsp3) is 0.818. The summed E-state index contributed by atoms with van der Waals surface area (Å²) in [4.78, 5) is 31.0. The zero-order valence-corrected chi connectivity index (χ0v) is 13.5. The van der Waals surface area contributed by atoms with Crippen LogP contribution in [0.5, 0.6) is 0 Å². The summed E-state index contributed by atoms with van der Waals surface area (Å²) in [6.45, 7) is 1.91. The lowest BCUT2D eigenvalue weighted by Crippen LogP contribution is -2.37. The van der Waals surface area contributed by atoms with Gasteiger partial charge < -0.3 is 38.9 Å². The second-order valence-electron chi connectivity index (χ2n) is 4.17. The number of aliphatic carboxylic acids is 1. The van der Waals surface area contributed by atoms with Gasteiger partial charge in [-0.3, -0.25) is 9.59 Å². The molecule has 0 aromatic heterocycles. The monoisotopic (exact) mass is 343 g/mol. The molecule has 0 aliphatic heterocycles. The molecule has 22 heavy (non-hydrogen) atoms. The highest BCUT2D eigenvalue weighted by Crippen LogP contribution is 2.33. The Labute approximate surface area is 129 Å². The lowest BCUT2D eigenvalue weighted by atomic mass is 10.3. The smallest absolute Gasteiger partial charge is 0.330 e. The number of rotatable bonds is 12. The van der Waals surface area contributed by atoms with Gasteiger partial charge in [-0.25, -0.2) is 0 Å². The SMILES string of the molecule is CNC(COP(O)OCC(COC(C)=O)OC(C)O)C(=O)O. The van der Waals surface area contributed by atoms with Gasteiger partial charge in [-0.1, -0.05) is 0 Å². The van der Waals surface area contributed by atoms with Crippen LogP contribution in [0.3, 0.4) is 0 Å². The van der Waals surface area contributed by atoms with Crippen LogP contribution >= 0.6 is 8.60 Å². The molecule has 0 aliphatic carbocycles. The van der Waals surface area contributed by atoms with Gasteiger partial charge in [0.05, 0.1) is 13.2 Å². The first-order valence-corrected chi connectivity index (χ1v) is 7.51. The van der Waals surface area contributed by atoms with Crippen LogP contribution in [0.15, 0.2) is 0 Å². The van der Waals surface area contributed by atoms with Crippen molar-refractivity contribution in [1.29, 1.82) is 0 Å². The van der Waals surface area contributed by atoms with Crippen molar-refractivity contribution < 1.29 is 43.2 Å². The molecular formula is C11H22NO9P. The van der Waals surface area contributed by atoms with E-state index in [-0.39, 0.29) is 19.8 Å². The first-order valence-electron chi connectivity index (χ1n) is 6.38. The summed E-state index contributed by atoms with van der Waals surface area (Å²) in [7, 11) is -0.894. The number of likely N-dealkylation sites (N-methyl/N-ethyl adjacent to an activating group) is 1. The summed E-state index contributed by atoms with van der Waals surface area (Å²) in [5.74, 6) is -1.66. The van der Waals surface area contributed by atoms with Gasteiger partial charge in [-0.2, -0.15) is 0 Å². The molecule has 10 nitrogen and oxygen atoms in total. The number of carboxylic acid groups (broad SMARTS) is 1. The van der Waals surface area contributed by atoms with Gasteiger partial charge in [-0.15, -0.1) is 0 Å². The summed E-state index contributed by atoms with van der Waals surface area (Å²) < 4.78 is 19.6. The maximum Gasteiger partial charge on any atom is 0.330 e. The molecule has 130 valence electrons. The minimum absolute atomic E-state index is 0.169. The van der Waals surface area contributed by atoms with Gasteiger partial charge in [0.2, 0.25) is 0 Å². The molecule has 4 atom stereocenters. The largest absolute Gasteiger partial charge is 0.480 e. The summed E-state index contributed by atoms with van der Waals surface area (Å²) >= 11 is 0. The van der Waals surface area contributed by atoms with Gasteiger partial charge in [-0.05, 0) is 14.0 Å². The number of aliphatic hydroxyl groups is 1. The summed E-state index contributed by atoms with van der Waals surface area (Å²) in [6.07, 6.45) is -1.92. The Bertz CT molecular complexity index is 342. The average Bonchev–Trinajstić information content (AvgIpc) is 2.41. The molecule has 11 heteroatoms. The molecule has 0 bridgehead atoms. The Morgan fingerprint density at radius 1 is 1.23 bits per heavy atom. The topological polar surface area (TPSA) is 144 Å². The first kappa shape index (κ1) is 21.1. The molecule has 0 spiro atoms. The van der Waals surface area contributed by atoms with Crippen LogP contribution in [0.25, 0.3) is 0 Å². The predicted molar refractivity (Wildman–Crippen MR) is 74.7 cm³/mol. The maximum absolute atomic E-state index is 10.7. The van der Waals surface area contributed by atoms with E-state index in [0.29, 0.717) is 0 Å². The van der Waals surface area contributed by atoms with Gasteiger partial charge in [0.15, 0.2) is 6.29 Å². The zero-order valence-electron chi connectivity index (χ0n) is 12.6. The van der Waals surface area contributed by atoms with Gasteiger partial charge >= 0.3 is 20.5 Å². The maximum atomic E-state index is 10.7. The molecule has 4 N–H and O–H groups in total. The Hall–Kier alpha value is -0.870. The van der Waals surface area contributed by atoms with E-state index in [2.05, 4.69) is 5.32 Å². The fourth-order valence-electron chi connectivity index (χ4n) is 1.22. The molecule has 0 fully saturated rings. The molecule has 0 aliphatic rings. The molecule has 0 rings (SSSR count). The Kier molecular flexibility index (Phi) is 11.2. The van der Waals surface area contributed by atoms with Crippen molar-refractivity contribution in [1.82, 2.24) is 5.32 Å². The Morgan fingerprint density at radius 2 is 1.82 bits per heavy atom. The molecule has 0 heterocycles. The number of aliphatic hydroxyl groups excluding tert-OH is 1. The third-order valence-corrected chi connectivity index (χ3v) is 2.97. The lowest BCUT2D eigenvalue weighted by molar-refractivity contribution is -0.165. The number of hydrogen-bond acceptors (Lipinski definition) is 9. The van der Waals surface area contributed by atoms with Crippen LogP contribution in [0.2, 0.25) is 0 Å². The van der Waals surface area contributed by atoms with E-state index in [1.54, 1.807) is 0 Å². The van der Waals surface area contributed by atoms with Crippen molar-refractivity contribution in [2.24, 2.45) is 0 Å². The van der Waals surface area contributed by atoms with Crippen molar-refractivity contribution in [2.45, 2.75) is 32.3 Å². The molecule has 0 saturated heterocycles. The average molecular weight is 343 g/mol. The van der Waals surface area contributed by atoms with Crippen LogP contribution in [0.4, 0.5) is 0 Å². The highest BCUT2D eigenvalue weighted by atomic mass is 31.2. The Morgan fingerprint density at radius 3 is 2.27 bits per heavy atom. The second kappa shape index (κ2) is 11.7. The lowest BCUT2D eigenvalue weighted by Gasteiger charge is -2.21. The zero-order chi connectivity index (χ0) is 17.1. The quantitative estimate of drug-likeness (QED) is 0.202. The minimum atomic E-state index is -2.33. The number of carbonyl (C=O) groups excluding carboxylic acids is 1. The molecular weight excluding hydrogens is 321 g/mol. The highest BCUT2D eigenvalue weighted by molar-refractivity contribution is 7.40. The molecule has 0 aromatic carbocycles. The number of carboxylic acids is 1. The molecule has 4 unspecified atom stereocenters. The predicted octanol–water partition coefficient (Wildman–Crippen LogP) is -0.802. The number of hydrogen-bond donors (Lipinski definition) is 4. The van der Waals surface area contributed by atoms with Crippen molar-refractivity contribution >= 4 is 20.5 Å². The van der Waals surface area contributed by atoms with E-state index in [1.807, 2.05) is 0 Å². The molecule has 0 saturated carbocycles. The van der Waals surface area contributed by atoms with Crippen LogP contribution in [0, 0.1) is 0 Å². The van der Waals surface area contributed by atoms with Crippen molar-refractivity contribution in [2.75, 3.05) is 26.9 Å². The van der Waals surface area contributed by atoms with Crippen LogP contribution < -0.4 is 5.32 Å². The third-order valence-electron chi connectivity index (χ3n) is 2.23. The third kappa shape index (κ3) is 10.8. The normalized spacial score (nSPS) is 16.6. The van der Waals surface area contributed by atoms with E-state index in [4.69, 9.17) is 28.7 Å². The summed E-state index contributed by atoms with van der Waals surface area (Å²) in [6, 6.07) is -0.980. The minimum Gasteiger partial charge on any atom is -0.480 e.